The second kappa shape index (κ2) is 4.99. The van der Waals surface area contributed by atoms with Crippen molar-refractivity contribution in [2.24, 2.45) is 0 Å². The Labute approximate surface area is 91.6 Å². The van der Waals surface area contributed by atoms with E-state index >= 15 is 0 Å². The van der Waals surface area contributed by atoms with Gasteiger partial charge in [-0.3, -0.25) is 0 Å². The molecule has 2 heteroatoms. The molecule has 0 unspecified atom stereocenters. The summed E-state index contributed by atoms with van der Waals surface area (Å²) in [6.07, 6.45) is 2.90. The molecule has 1 N–H and O–H groups in total. The van der Waals surface area contributed by atoms with Crippen LogP contribution >= 0.6 is 0 Å². The Morgan fingerprint density at radius 1 is 1.20 bits per heavy atom. The summed E-state index contributed by atoms with van der Waals surface area (Å²) in [5.41, 5.74) is 2.67. The smallest absolute Gasteiger partial charge is 0.0367 e. The summed E-state index contributed by atoms with van der Waals surface area (Å²) in [6, 6.07) is 8.81. The van der Waals surface area contributed by atoms with Crippen LogP contribution in [0.1, 0.15) is 5.56 Å². The van der Waals surface area contributed by atoms with Gasteiger partial charge in [-0.2, -0.15) is 0 Å². The fourth-order valence-corrected chi connectivity index (χ4v) is 1.93. The van der Waals surface area contributed by atoms with Gasteiger partial charge in [-0.05, 0) is 24.1 Å². The van der Waals surface area contributed by atoms with Crippen LogP contribution in [0.15, 0.2) is 36.9 Å². The monoisotopic (exact) mass is 202 g/mol. The van der Waals surface area contributed by atoms with Gasteiger partial charge in [0.05, 0.1) is 0 Å². The summed E-state index contributed by atoms with van der Waals surface area (Å²) < 4.78 is 0. The van der Waals surface area contributed by atoms with E-state index in [-0.39, 0.29) is 0 Å². The maximum absolute atomic E-state index is 3.75. The normalized spacial score (nSPS) is 16.4. The fraction of sp³-hybridized carbons (Fsp3) is 0.385. The van der Waals surface area contributed by atoms with Gasteiger partial charge in [0.25, 0.3) is 0 Å². The zero-order chi connectivity index (χ0) is 10.5. The highest BCUT2D eigenvalue weighted by Gasteiger charge is 2.09. The number of nitrogens with zero attached hydrogens (tertiary/aromatic N) is 1. The van der Waals surface area contributed by atoms with Gasteiger partial charge in [-0.15, -0.1) is 6.58 Å². The zero-order valence-corrected chi connectivity index (χ0v) is 9.08. The minimum absolute atomic E-state index is 0.960. The molecule has 0 aliphatic carbocycles. The maximum atomic E-state index is 3.75. The number of hydrogen-bond acceptors (Lipinski definition) is 2. The number of allylic oxidation sites excluding steroid dienone is 1. The van der Waals surface area contributed by atoms with Crippen molar-refractivity contribution in [2.45, 2.75) is 6.42 Å². The van der Waals surface area contributed by atoms with Gasteiger partial charge in [-0.25, -0.2) is 0 Å². The van der Waals surface area contributed by atoms with Crippen LogP contribution in [0.3, 0.4) is 0 Å². The summed E-state index contributed by atoms with van der Waals surface area (Å²) in [7, 11) is 0. The molecular weight excluding hydrogens is 184 g/mol. The second-order valence-electron chi connectivity index (χ2n) is 3.90. The Morgan fingerprint density at radius 2 is 1.87 bits per heavy atom. The first-order chi connectivity index (χ1) is 7.40. The highest BCUT2D eigenvalue weighted by atomic mass is 15.2. The molecule has 1 aliphatic rings. The molecule has 1 saturated heterocycles. The molecule has 1 aromatic carbocycles. The number of rotatable bonds is 3. The standard InChI is InChI=1S/C13H18N2/c1-2-3-12-4-6-13(7-5-12)15-10-8-14-9-11-15/h2,4-7,14H,1,3,8-11H2. The molecule has 0 bridgehead atoms. The molecule has 1 fully saturated rings. The second-order valence-corrected chi connectivity index (χ2v) is 3.90. The molecule has 0 amide bonds. The molecule has 1 aliphatic heterocycles. The number of nitrogens with one attached hydrogen (secondary N) is 1. The van der Waals surface area contributed by atoms with E-state index in [4.69, 9.17) is 0 Å². The van der Waals surface area contributed by atoms with Gasteiger partial charge in [0.1, 0.15) is 0 Å². The SMILES string of the molecule is C=CCc1ccc(N2CCNCC2)cc1. The molecule has 0 radical (unpaired) electrons. The predicted octanol–water partition coefficient (Wildman–Crippen LogP) is 1.82. The Bertz CT molecular complexity index is 310. The molecule has 0 aromatic heterocycles. The summed E-state index contributed by atoms with van der Waals surface area (Å²) in [5, 5.41) is 3.36. The lowest BCUT2D eigenvalue weighted by Crippen LogP contribution is -2.43. The van der Waals surface area contributed by atoms with Crippen molar-refractivity contribution in [1.29, 1.82) is 0 Å². The van der Waals surface area contributed by atoms with Crippen molar-refractivity contribution in [3.63, 3.8) is 0 Å². The highest BCUT2D eigenvalue weighted by Crippen LogP contribution is 2.15. The van der Waals surface area contributed by atoms with E-state index in [0.717, 1.165) is 32.6 Å². The van der Waals surface area contributed by atoms with E-state index in [0.29, 0.717) is 0 Å². The number of benzene rings is 1. The lowest BCUT2D eigenvalue weighted by molar-refractivity contribution is 0.589. The van der Waals surface area contributed by atoms with Crippen LogP contribution in [0, 0.1) is 0 Å². The molecule has 2 rings (SSSR count). The molecule has 1 aromatic rings. The summed E-state index contributed by atoms with van der Waals surface area (Å²) in [6.45, 7) is 8.16. The van der Waals surface area contributed by atoms with Crippen LogP contribution < -0.4 is 10.2 Å². The quantitative estimate of drug-likeness (QED) is 0.752. The summed E-state index contributed by atoms with van der Waals surface area (Å²) in [5.74, 6) is 0. The topological polar surface area (TPSA) is 15.3 Å². The molecule has 80 valence electrons. The van der Waals surface area contributed by atoms with Crippen molar-refractivity contribution in [2.75, 3.05) is 31.1 Å². The summed E-state index contributed by atoms with van der Waals surface area (Å²) >= 11 is 0. The largest absolute Gasteiger partial charge is 0.369 e. The Kier molecular flexibility index (Phi) is 3.41. The third-order valence-electron chi connectivity index (χ3n) is 2.80. The molecule has 0 spiro atoms. The number of piperazine rings is 1. The van der Waals surface area contributed by atoms with E-state index in [1.807, 2.05) is 6.08 Å². The van der Waals surface area contributed by atoms with Crippen LogP contribution in [0.4, 0.5) is 5.69 Å². The Hall–Kier alpha value is -1.28. The van der Waals surface area contributed by atoms with Gasteiger partial charge < -0.3 is 10.2 Å². The third kappa shape index (κ3) is 2.60. The van der Waals surface area contributed by atoms with Crippen molar-refractivity contribution in [1.82, 2.24) is 5.32 Å². The molecular formula is C13H18N2. The lowest BCUT2D eigenvalue weighted by Gasteiger charge is -2.29. The lowest BCUT2D eigenvalue weighted by atomic mass is 10.1. The average molecular weight is 202 g/mol. The molecule has 0 saturated carbocycles. The molecule has 1 heterocycles. The van der Waals surface area contributed by atoms with E-state index in [2.05, 4.69) is 41.1 Å². The molecule has 2 nitrogen and oxygen atoms in total. The van der Waals surface area contributed by atoms with Crippen molar-refractivity contribution in [3.05, 3.63) is 42.5 Å². The zero-order valence-electron chi connectivity index (χ0n) is 9.08. The maximum Gasteiger partial charge on any atom is 0.0367 e. The first-order valence-electron chi connectivity index (χ1n) is 5.55. The van der Waals surface area contributed by atoms with E-state index in [1.54, 1.807) is 0 Å². The predicted molar refractivity (Wildman–Crippen MR) is 65.4 cm³/mol. The van der Waals surface area contributed by atoms with E-state index < -0.39 is 0 Å². The van der Waals surface area contributed by atoms with Crippen LogP contribution in [0.2, 0.25) is 0 Å². The number of hydrogen-bond donors (Lipinski definition) is 1. The van der Waals surface area contributed by atoms with Gasteiger partial charge in [0, 0.05) is 31.9 Å². The van der Waals surface area contributed by atoms with Crippen LogP contribution in [0.25, 0.3) is 0 Å². The number of anilines is 1. The first-order valence-corrected chi connectivity index (χ1v) is 5.55. The fourth-order valence-electron chi connectivity index (χ4n) is 1.93. The summed E-state index contributed by atoms with van der Waals surface area (Å²) in [4.78, 5) is 2.42. The van der Waals surface area contributed by atoms with Crippen LogP contribution in [0.5, 0.6) is 0 Å². The Morgan fingerprint density at radius 3 is 2.47 bits per heavy atom. The van der Waals surface area contributed by atoms with Gasteiger partial charge in [0.2, 0.25) is 0 Å². The minimum atomic E-state index is 0.960. The van der Waals surface area contributed by atoms with Crippen LogP contribution in [-0.2, 0) is 6.42 Å². The van der Waals surface area contributed by atoms with E-state index in [9.17, 15) is 0 Å². The first kappa shape index (κ1) is 10.2. The van der Waals surface area contributed by atoms with Crippen molar-refractivity contribution in [3.8, 4) is 0 Å². The van der Waals surface area contributed by atoms with Crippen LogP contribution in [-0.4, -0.2) is 26.2 Å². The molecule has 15 heavy (non-hydrogen) atoms. The van der Waals surface area contributed by atoms with E-state index in [1.165, 1.54) is 11.3 Å². The molecule has 0 atom stereocenters. The minimum Gasteiger partial charge on any atom is -0.369 e. The van der Waals surface area contributed by atoms with Gasteiger partial charge in [0.15, 0.2) is 0 Å². The van der Waals surface area contributed by atoms with Crippen molar-refractivity contribution < 1.29 is 0 Å². The highest BCUT2D eigenvalue weighted by molar-refractivity contribution is 5.48. The van der Waals surface area contributed by atoms with Crippen molar-refractivity contribution >= 4 is 5.69 Å². The van der Waals surface area contributed by atoms with Gasteiger partial charge >= 0.3 is 0 Å². The third-order valence-corrected chi connectivity index (χ3v) is 2.80. The Balaban J connectivity index is 2.04. The average Bonchev–Trinajstić information content (AvgIpc) is 2.32. The van der Waals surface area contributed by atoms with Gasteiger partial charge in [-0.1, -0.05) is 18.2 Å².